The van der Waals surface area contributed by atoms with E-state index < -0.39 is 0 Å². The van der Waals surface area contributed by atoms with Gasteiger partial charge < -0.3 is 14.3 Å². The minimum Gasteiger partial charge on any atom is -0.477 e. The minimum atomic E-state index is 0.229. The van der Waals surface area contributed by atoms with E-state index in [1.54, 1.807) is 24.5 Å². The maximum atomic E-state index is 11.1. The summed E-state index contributed by atoms with van der Waals surface area (Å²) in [5.41, 5.74) is 0.947. The molecule has 6 heteroatoms. The van der Waals surface area contributed by atoms with E-state index in [1.165, 1.54) is 0 Å². The Morgan fingerprint density at radius 3 is 2.81 bits per heavy atom. The van der Waals surface area contributed by atoms with Gasteiger partial charge in [-0.2, -0.15) is 0 Å². The van der Waals surface area contributed by atoms with E-state index in [0.717, 1.165) is 28.1 Å². The number of ether oxygens (including phenoxy) is 2. The van der Waals surface area contributed by atoms with Crippen molar-refractivity contribution in [1.29, 1.82) is 0 Å². The second-order valence-electron chi connectivity index (χ2n) is 7.81. The predicted octanol–water partition coefficient (Wildman–Crippen LogP) is 4.60. The van der Waals surface area contributed by atoms with Gasteiger partial charge in [0.25, 0.3) is 0 Å². The van der Waals surface area contributed by atoms with Crippen molar-refractivity contribution in [2.75, 3.05) is 13.2 Å². The number of hydrogen-bond acceptors (Lipinski definition) is 6. The van der Waals surface area contributed by atoms with Crippen molar-refractivity contribution < 1.29 is 14.3 Å². The molecule has 1 aliphatic rings. The molecule has 0 unspecified atom stereocenters. The zero-order chi connectivity index (χ0) is 18.7. The molecular formula is C20H28N2O3S. The minimum absolute atomic E-state index is 0.229. The third-order valence-corrected chi connectivity index (χ3v) is 5.99. The highest BCUT2D eigenvalue weighted by Gasteiger charge is 2.30. The highest BCUT2D eigenvalue weighted by atomic mass is 32.1. The van der Waals surface area contributed by atoms with Crippen molar-refractivity contribution in [2.45, 2.75) is 59.0 Å². The summed E-state index contributed by atoms with van der Waals surface area (Å²) in [4.78, 5) is 20.1. The Kier molecular flexibility index (Phi) is 6.24. The van der Waals surface area contributed by atoms with Crippen LogP contribution in [-0.4, -0.2) is 35.1 Å². The lowest BCUT2D eigenvalue weighted by Crippen LogP contribution is -2.36. The number of pyridine rings is 1. The van der Waals surface area contributed by atoms with Crippen LogP contribution >= 0.6 is 11.3 Å². The fourth-order valence-electron chi connectivity index (χ4n) is 3.16. The van der Waals surface area contributed by atoms with Crippen molar-refractivity contribution in [3.8, 4) is 5.88 Å². The fourth-order valence-corrected chi connectivity index (χ4v) is 4.13. The largest absolute Gasteiger partial charge is 0.477 e. The number of carbonyl (C=O) groups excluding carboxylic acids is 1. The Bertz CT molecular complexity index is 753. The molecule has 0 amide bonds. The summed E-state index contributed by atoms with van der Waals surface area (Å²) in [6.45, 7) is 9.34. The van der Waals surface area contributed by atoms with Gasteiger partial charge in [0.05, 0.1) is 28.6 Å². The standard InChI is InChI=1S/C20H28N2O3S/c1-12(2)20-22-17-9-21-19(8-18(17)26-20)25-11-15-6-16(7-15)24-10-13(3)5-14(4)23/h8-9,12-13,15-16H,5-7,10-11H2,1-4H3/t13-,15?,16?/m1/s1. The predicted molar refractivity (Wildman–Crippen MR) is 104 cm³/mol. The number of fused-ring (bicyclic) bond motifs is 1. The molecule has 2 aromatic heterocycles. The molecule has 3 rings (SSSR count). The average Bonchev–Trinajstić information content (AvgIpc) is 2.95. The first kappa shape index (κ1) is 19.2. The summed E-state index contributed by atoms with van der Waals surface area (Å²) in [5.74, 6) is 2.16. The molecule has 0 aromatic carbocycles. The van der Waals surface area contributed by atoms with Crippen LogP contribution in [-0.2, 0) is 9.53 Å². The molecule has 2 aromatic rings. The summed E-state index contributed by atoms with van der Waals surface area (Å²) < 4.78 is 12.9. The van der Waals surface area contributed by atoms with E-state index in [0.29, 0.717) is 49.4 Å². The van der Waals surface area contributed by atoms with Crippen LogP contribution in [0, 0.1) is 11.8 Å². The van der Waals surface area contributed by atoms with Crippen LogP contribution in [0.15, 0.2) is 12.3 Å². The zero-order valence-electron chi connectivity index (χ0n) is 16.0. The van der Waals surface area contributed by atoms with Gasteiger partial charge in [-0.25, -0.2) is 9.97 Å². The monoisotopic (exact) mass is 376 g/mol. The average molecular weight is 377 g/mol. The van der Waals surface area contributed by atoms with Crippen LogP contribution in [0.5, 0.6) is 5.88 Å². The normalized spacial score (nSPS) is 21.0. The topological polar surface area (TPSA) is 61.3 Å². The van der Waals surface area contributed by atoms with Crippen LogP contribution in [0.3, 0.4) is 0 Å². The molecule has 1 saturated carbocycles. The number of aromatic nitrogens is 2. The lowest BCUT2D eigenvalue weighted by Gasteiger charge is -2.35. The highest BCUT2D eigenvalue weighted by molar-refractivity contribution is 7.18. The molecule has 2 heterocycles. The summed E-state index contributed by atoms with van der Waals surface area (Å²) in [6.07, 6.45) is 4.75. The summed E-state index contributed by atoms with van der Waals surface area (Å²) in [6, 6.07) is 2.00. The van der Waals surface area contributed by atoms with Gasteiger partial charge in [-0.15, -0.1) is 11.3 Å². The van der Waals surface area contributed by atoms with Crippen molar-refractivity contribution >= 4 is 27.3 Å². The number of carbonyl (C=O) groups is 1. The van der Waals surface area contributed by atoms with Gasteiger partial charge in [0.2, 0.25) is 5.88 Å². The van der Waals surface area contributed by atoms with Gasteiger partial charge in [0.15, 0.2) is 0 Å². The highest BCUT2D eigenvalue weighted by Crippen LogP contribution is 2.32. The molecule has 1 fully saturated rings. The lowest BCUT2D eigenvalue weighted by atomic mass is 9.83. The number of Topliss-reactive ketones (excluding diaryl/α,β-unsaturated/α-hetero) is 1. The Morgan fingerprint density at radius 1 is 1.35 bits per heavy atom. The summed E-state index contributed by atoms with van der Waals surface area (Å²) in [5, 5.41) is 1.14. The van der Waals surface area contributed by atoms with E-state index in [9.17, 15) is 4.79 Å². The van der Waals surface area contributed by atoms with Gasteiger partial charge in [0.1, 0.15) is 11.3 Å². The molecule has 1 atom stereocenters. The summed E-state index contributed by atoms with van der Waals surface area (Å²) >= 11 is 1.71. The molecule has 142 valence electrons. The smallest absolute Gasteiger partial charge is 0.214 e. The first-order valence-electron chi connectivity index (χ1n) is 9.41. The summed E-state index contributed by atoms with van der Waals surface area (Å²) in [7, 11) is 0. The van der Waals surface area contributed by atoms with Crippen LogP contribution in [0.4, 0.5) is 0 Å². The fraction of sp³-hybridized carbons (Fsp3) is 0.650. The molecule has 1 aliphatic carbocycles. The molecule has 0 N–H and O–H groups in total. The molecule has 0 radical (unpaired) electrons. The van der Waals surface area contributed by atoms with Gasteiger partial charge in [0, 0.05) is 25.0 Å². The van der Waals surface area contributed by atoms with Gasteiger partial charge >= 0.3 is 0 Å². The van der Waals surface area contributed by atoms with Crippen molar-refractivity contribution in [2.24, 2.45) is 11.8 Å². The van der Waals surface area contributed by atoms with Crippen molar-refractivity contribution in [1.82, 2.24) is 9.97 Å². The van der Waals surface area contributed by atoms with Crippen molar-refractivity contribution in [3.05, 3.63) is 17.3 Å². The quantitative estimate of drug-likeness (QED) is 0.640. The van der Waals surface area contributed by atoms with Crippen LogP contribution in [0.1, 0.15) is 57.9 Å². The first-order chi connectivity index (χ1) is 12.4. The molecule has 0 aliphatic heterocycles. The number of ketones is 1. The van der Waals surface area contributed by atoms with E-state index >= 15 is 0 Å². The van der Waals surface area contributed by atoms with E-state index in [-0.39, 0.29) is 5.78 Å². The molecule has 5 nitrogen and oxygen atoms in total. The van der Waals surface area contributed by atoms with E-state index in [4.69, 9.17) is 9.47 Å². The molecule has 26 heavy (non-hydrogen) atoms. The van der Waals surface area contributed by atoms with Gasteiger partial charge in [-0.05, 0) is 31.6 Å². The number of nitrogens with zero attached hydrogens (tertiary/aromatic N) is 2. The van der Waals surface area contributed by atoms with Crippen LogP contribution < -0.4 is 4.74 Å². The Balaban J connectivity index is 1.40. The van der Waals surface area contributed by atoms with Gasteiger partial charge in [-0.3, -0.25) is 0 Å². The molecule has 0 saturated heterocycles. The number of rotatable bonds is 9. The molecule has 0 bridgehead atoms. The molecule has 0 spiro atoms. The third-order valence-electron chi connectivity index (χ3n) is 4.67. The Hall–Kier alpha value is -1.53. The Labute approximate surface area is 159 Å². The maximum Gasteiger partial charge on any atom is 0.214 e. The van der Waals surface area contributed by atoms with Crippen molar-refractivity contribution in [3.63, 3.8) is 0 Å². The van der Waals surface area contributed by atoms with Crippen LogP contribution in [0.25, 0.3) is 10.2 Å². The number of hydrogen-bond donors (Lipinski definition) is 0. The second kappa shape index (κ2) is 8.44. The first-order valence-corrected chi connectivity index (χ1v) is 10.2. The molecular weight excluding hydrogens is 348 g/mol. The Morgan fingerprint density at radius 2 is 2.12 bits per heavy atom. The maximum absolute atomic E-state index is 11.1. The lowest BCUT2D eigenvalue weighted by molar-refractivity contribution is -0.119. The number of thiazole rings is 1. The van der Waals surface area contributed by atoms with E-state index in [1.807, 2.05) is 6.07 Å². The van der Waals surface area contributed by atoms with E-state index in [2.05, 4.69) is 30.7 Å². The van der Waals surface area contributed by atoms with Gasteiger partial charge in [-0.1, -0.05) is 20.8 Å². The third kappa shape index (κ3) is 5.01. The SMILES string of the molecule is CC(=O)C[C@@H](C)COC1CC(COc2cc3sc(C(C)C)nc3cn2)C1. The van der Waals surface area contributed by atoms with Crippen LogP contribution in [0.2, 0.25) is 0 Å². The zero-order valence-corrected chi connectivity index (χ0v) is 16.8. The second-order valence-corrected chi connectivity index (χ2v) is 8.87.